The maximum Gasteiger partial charge on any atom is 0.170 e. The molecule has 0 radical (unpaired) electrons. The third-order valence-corrected chi connectivity index (χ3v) is 4.94. The molecule has 1 saturated heterocycles. The molecule has 20 heavy (non-hydrogen) atoms. The van der Waals surface area contributed by atoms with Crippen LogP contribution in [0.15, 0.2) is 36.9 Å². The lowest BCUT2D eigenvalue weighted by Gasteiger charge is -2.35. The SMILES string of the molecule is C=CCC1CC2C(=O)c3ccccc3C(=O)C2C2OC12. The Morgan fingerprint density at radius 2 is 1.85 bits per heavy atom. The Balaban J connectivity index is 1.76. The minimum absolute atomic E-state index is 0.0523. The summed E-state index contributed by atoms with van der Waals surface area (Å²) in [6.07, 6.45) is 3.58. The van der Waals surface area contributed by atoms with Crippen molar-refractivity contribution in [3.63, 3.8) is 0 Å². The second-order valence-electron chi connectivity index (χ2n) is 5.99. The number of carbonyl (C=O) groups excluding carboxylic acids is 2. The molecule has 3 nitrogen and oxygen atoms in total. The van der Waals surface area contributed by atoms with Crippen LogP contribution in [0.2, 0.25) is 0 Å². The first-order valence-corrected chi connectivity index (χ1v) is 7.16. The van der Waals surface area contributed by atoms with Gasteiger partial charge < -0.3 is 4.74 Å². The molecule has 3 heteroatoms. The number of allylic oxidation sites excluding steroid dienone is 1. The number of ketones is 2. The first kappa shape index (κ1) is 12.0. The smallest absolute Gasteiger partial charge is 0.170 e. The lowest BCUT2D eigenvalue weighted by Crippen LogP contribution is -2.44. The Morgan fingerprint density at radius 3 is 2.55 bits per heavy atom. The van der Waals surface area contributed by atoms with E-state index < -0.39 is 0 Å². The molecule has 0 aromatic heterocycles. The molecule has 1 aliphatic heterocycles. The Kier molecular flexibility index (Phi) is 2.48. The van der Waals surface area contributed by atoms with E-state index in [0.29, 0.717) is 17.0 Å². The predicted molar refractivity (Wildman–Crippen MR) is 73.7 cm³/mol. The van der Waals surface area contributed by atoms with Crippen molar-refractivity contribution < 1.29 is 14.3 Å². The van der Waals surface area contributed by atoms with E-state index in [1.807, 2.05) is 18.2 Å². The average molecular weight is 268 g/mol. The number of hydrogen-bond donors (Lipinski definition) is 0. The van der Waals surface area contributed by atoms with Crippen molar-refractivity contribution in [2.45, 2.75) is 25.0 Å². The highest BCUT2D eigenvalue weighted by Gasteiger charge is 2.61. The molecule has 1 aromatic rings. The van der Waals surface area contributed by atoms with Gasteiger partial charge in [-0.3, -0.25) is 9.59 Å². The van der Waals surface area contributed by atoms with Gasteiger partial charge in [0.15, 0.2) is 11.6 Å². The lowest BCUT2D eigenvalue weighted by molar-refractivity contribution is 0.0660. The van der Waals surface area contributed by atoms with Gasteiger partial charge in [0.25, 0.3) is 0 Å². The zero-order valence-corrected chi connectivity index (χ0v) is 11.1. The summed E-state index contributed by atoms with van der Waals surface area (Å²) in [5.41, 5.74) is 1.17. The van der Waals surface area contributed by atoms with Crippen molar-refractivity contribution in [1.29, 1.82) is 0 Å². The van der Waals surface area contributed by atoms with Gasteiger partial charge in [-0.05, 0) is 18.8 Å². The molecule has 0 spiro atoms. The summed E-state index contributed by atoms with van der Waals surface area (Å²) in [5, 5.41) is 0. The molecule has 0 bridgehead atoms. The second kappa shape index (κ2) is 4.13. The van der Waals surface area contributed by atoms with E-state index in [4.69, 9.17) is 4.74 Å². The molecule has 1 saturated carbocycles. The summed E-state index contributed by atoms with van der Waals surface area (Å²) < 4.78 is 5.73. The zero-order valence-electron chi connectivity index (χ0n) is 11.1. The van der Waals surface area contributed by atoms with Crippen LogP contribution in [0.4, 0.5) is 0 Å². The summed E-state index contributed by atoms with van der Waals surface area (Å²) in [7, 11) is 0. The van der Waals surface area contributed by atoms with Crippen LogP contribution in [0, 0.1) is 17.8 Å². The van der Waals surface area contributed by atoms with E-state index >= 15 is 0 Å². The van der Waals surface area contributed by atoms with Crippen molar-refractivity contribution in [3.05, 3.63) is 48.0 Å². The van der Waals surface area contributed by atoms with Crippen LogP contribution in [0.5, 0.6) is 0 Å². The molecular weight excluding hydrogens is 252 g/mol. The predicted octanol–water partition coefficient (Wildman–Crippen LogP) is 2.66. The summed E-state index contributed by atoms with van der Waals surface area (Å²) >= 11 is 0. The Labute approximate surface area is 117 Å². The van der Waals surface area contributed by atoms with E-state index in [9.17, 15) is 9.59 Å². The van der Waals surface area contributed by atoms with E-state index in [0.717, 1.165) is 12.8 Å². The van der Waals surface area contributed by atoms with Crippen molar-refractivity contribution in [1.82, 2.24) is 0 Å². The van der Waals surface area contributed by atoms with Crippen LogP contribution < -0.4 is 0 Å². The van der Waals surface area contributed by atoms with E-state index in [-0.39, 0.29) is 35.6 Å². The number of ether oxygens (including phenoxy) is 1. The molecule has 2 fully saturated rings. The molecule has 3 aliphatic rings. The average Bonchev–Trinajstić information content (AvgIpc) is 3.25. The Morgan fingerprint density at radius 1 is 1.15 bits per heavy atom. The normalized spacial score (nSPS) is 37.7. The van der Waals surface area contributed by atoms with E-state index in [1.54, 1.807) is 12.1 Å². The topological polar surface area (TPSA) is 46.7 Å². The van der Waals surface area contributed by atoms with Crippen molar-refractivity contribution in [3.8, 4) is 0 Å². The van der Waals surface area contributed by atoms with Gasteiger partial charge >= 0.3 is 0 Å². The number of benzene rings is 1. The van der Waals surface area contributed by atoms with Gasteiger partial charge in [0.05, 0.1) is 18.1 Å². The molecule has 2 aliphatic carbocycles. The van der Waals surface area contributed by atoms with Gasteiger partial charge in [-0.1, -0.05) is 30.3 Å². The van der Waals surface area contributed by atoms with Crippen LogP contribution in [0.1, 0.15) is 33.6 Å². The van der Waals surface area contributed by atoms with E-state index in [2.05, 4.69) is 6.58 Å². The number of hydrogen-bond acceptors (Lipinski definition) is 3. The first-order valence-electron chi connectivity index (χ1n) is 7.16. The molecule has 0 amide bonds. The molecule has 0 N–H and O–H groups in total. The molecule has 1 aromatic carbocycles. The minimum atomic E-state index is -0.261. The van der Waals surface area contributed by atoms with Crippen molar-refractivity contribution >= 4 is 11.6 Å². The van der Waals surface area contributed by atoms with Gasteiger partial charge in [0.1, 0.15) is 0 Å². The third kappa shape index (κ3) is 1.50. The Hall–Kier alpha value is -1.74. The van der Waals surface area contributed by atoms with Crippen molar-refractivity contribution in [2.75, 3.05) is 0 Å². The second-order valence-corrected chi connectivity index (χ2v) is 5.99. The number of fused-ring (bicyclic) bond motifs is 4. The van der Waals surface area contributed by atoms with Crippen molar-refractivity contribution in [2.24, 2.45) is 17.8 Å². The Bertz CT molecular complexity index is 618. The van der Waals surface area contributed by atoms with Crippen LogP contribution in [-0.4, -0.2) is 23.8 Å². The van der Waals surface area contributed by atoms with Gasteiger partial charge in [-0.15, -0.1) is 6.58 Å². The highest BCUT2D eigenvalue weighted by Crippen LogP contribution is 2.52. The largest absolute Gasteiger partial charge is 0.368 e. The summed E-state index contributed by atoms with van der Waals surface area (Å²) in [6, 6.07) is 7.18. The molecular formula is C17H16O3. The van der Waals surface area contributed by atoms with Crippen LogP contribution in [-0.2, 0) is 4.74 Å². The summed E-state index contributed by atoms with van der Waals surface area (Å²) in [4.78, 5) is 25.3. The van der Waals surface area contributed by atoms with Crippen LogP contribution in [0.25, 0.3) is 0 Å². The van der Waals surface area contributed by atoms with Gasteiger partial charge in [0.2, 0.25) is 0 Å². The maximum atomic E-state index is 12.7. The van der Waals surface area contributed by atoms with Gasteiger partial charge in [0, 0.05) is 17.0 Å². The maximum absolute atomic E-state index is 12.7. The fraction of sp³-hybridized carbons (Fsp3) is 0.412. The zero-order chi connectivity index (χ0) is 13.9. The summed E-state index contributed by atoms with van der Waals surface area (Å²) in [5.74, 6) is 0.0818. The summed E-state index contributed by atoms with van der Waals surface area (Å²) in [6.45, 7) is 3.77. The molecule has 1 heterocycles. The fourth-order valence-corrected chi connectivity index (χ4v) is 3.98. The molecule has 5 unspecified atom stereocenters. The quantitative estimate of drug-likeness (QED) is 0.612. The number of rotatable bonds is 2. The number of epoxide rings is 1. The molecule has 5 atom stereocenters. The van der Waals surface area contributed by atoms with E-state index in [1.165, 1.54) is 0 Å². The fourth-order valence-electron chi connectivity index (χ4n) is 3.98. The standard InChI is InChI=1S/C17H16O3/c1-2-5-9-8-12-13(17-16(9)20-17)15(19)11-7-4-3-6-10(11)14(12)18/h2-4,6-7,9,12-13,16-17H,1,5,8H2. The highest BCUT2D eigenvalue weighted by atomic mass is 16.6. The molecule has 4 rings (SSSR count). The number of Topliss-reactive ketones (excluding diaryl/α,β-unsaturated/α-hetero) is 2. The molecule has 102 valence electrons. The van der Waals surface area contributed by atoms with Crippen LogP contribution >= 0.6 is 0 Å². The van der Waals surface area contributed by atoms with Gasteiger partial charge in [-0.2, -0.15) is 0 Å². The minimum Gasteiger partial charge on any atom is -0.368 e. The lowest BCUT2D eigenvalue weighted by atomic mass is 9.64. The monoisotopic (exact) mass is 268 g/mol. The van der Waals surface area contributed by atoms with Crippen LogP contribution in [0.3, 0.4) is 0 Å². The third-order valence-electron chi connectivity index (χ3n) is 4.94. The number of carbonyl (C=O) groups is 2. The van der Waals surface area contributed by atoms with Gasteiger partial charge in [-0.25, -0.2) is 0 Å². The first-order chi connectivity index (χ1) is 9.72. The highest BCUT2D eigenvalue weighted by molar-refractivity contribution is 6.16.